The number of aryl methyl sites for hydroxylation is 1. The van der Waals surface area contributed by atoms with Crippen molar-refractivity contribution in [2.24, 2.45) is 0 Å². The van der Waals surface area contributed by atoms with Gasteiger partial charge in [-0.25, -0.2) is 9.37 Å². The molecule has 1 aliphatic rings. The molecule has 1 saturated heterocycles. The highest BCUT2D eigenvalue weighted by molar-refractivity contribution is 6.17. The van der Waals surface area contributed by atoms with Crippen LogP contribution in [-0.4, -0.2) is 28.1 Å². The van der Waals surface area contributed by atoms with Gasteiger partial charge in [0.25, 0.3) is 0 Å². The Bertz CT molecular complexity index is 613. The van der Waals surface area contributed by atoms with Crippen LogP contribution in [0.3, 0.4) is 0 Å². The molecule has 0 bridgehead atoms. The summed E-state index contributed by atoms with van der Waals surface area (Å²) in [5.41, 5.74) is 1.70. The molecule has 0 saturated carbocycles. The van der Waals surface area contributed by atoms with E-state index in [0.717, 1.165) is 36.3 Å². The maximum Gasteiger partial charge on any atom is 0.125 e. The molecule has 3 rings (SSSR count). The molecule has 5 heteroatoms. The van der Waals surface area contributed by atoms with Crippen molar-refractivity contribution in [2.75, 3.05) is 12.5 Å². The van der Waals surface area contributed by atoms with E-state index in [9.17, 15) is 4.39 Å². The molecule has 1 fully saturated rings. The topological polar surface area (TPSA) is 27.1 Å². The van der Waals surface area contributed by atoms with Gasteiger partial charge in [-0.1, -0.05) is 0 Å². The second kappa shape index (κ2) is 5.70. The van der Waals surface area contributed by atoms with Gasteiger partial charge in [0.1, 0.15) is 11.6 Å². The van der Waals surface area contributed by atoms with Crippen molar-refractivity contribution in [3.8, 4) is 0 Å². The number of fused-ring (bicyclic) bond motifs is 1. The van der Waals surface area contributed by atoms with E-state index in [1.807, 2.05) is 0 Å². The minimum Gasteiger partial charge on any atom is -0.378 e. The third kappa shape index (κ3) is 2.54. The van der Waals surface area contributed by atoms with Crippen molar-refractivity contribution >= 4 is 22.6 Å². The molecule has 2 unspecified atom stereocenters. The molecule has 1 aromatic heterocycles. The first kappa shape index (κ1) is 13.8. The predicted octanol–water partition coefficient (Wildman–Crippen LogP) is 3.70. The highest BCUT2D eigenvalue weighted by Crippen LogP contribution is 2.31. The van der Waals surface area contributed by atoms with Crippen molar-refractivity contribution in [1.82, 2.24) is 9.55 Å². The molecular weight excluding hydrogens is 279 g/mol. The number of hydrogen-bond acceptors (Lipinski definition) is 2. The van der Waals surface area contributed by atoms with E-state index in [1.54, 1.807) is 12.1 Å². The predicted molar refractivity (Wildman–Crippen MR) is 77.8 cm³/mol. The lowest BCUT2D eigenvalue weighted by Gasteiger charge is -2.29. The van der Waals surface area contributed by atoms with Gasteiger partial charge in [0, 0.05) is 24.9 Å². The van der Waals surface area contributed by atoms with Gasteiger partial charge in [-0.3, -0.25) is 0 Å². The molecule has 2 aromatic rings. The van der Waals surface area contributed by atoms with Crippen molar-refractivity contribution in [3.05, 3.63) is 29.8 Å². The molecule has 108 valence electrons. The summed E-state index contributed by atoms with van der Waals surface area (Å²) >= 11 is 5.88. The minimum absolute atomic E-state index is 0.226. The van der Waals surface area contributed by atoms with Crippen LogP contribution in [0.25, 0.3) is 11.0 Å². The first-order valence-corrected chi connectivity index (χ1v) is 7.56. The summed E-state index contributed by atoms with van der Waals surface area (Å²) in [5, 5.41) is 0. The maximum atomic E-state index is 13.6. The zero-order valence-electron chi connectivity index (χ0n) is 11.5. The smallest absolute Gasteiger partial charge is 0.125 e. The summed E-state index contributed by atoms with van der Waals surface area (Å²) in [4.78, 5) is 4.61. The Morgan fingerprint density at radius 3 is 3.10 bits per heavy atom. The zero-order valence-corrected chi connectivity index (χ0v) is 12.2. The van der Waals surface area contributed by atoms with Gasteiger partial charge in [0.05, 0.1) is 17.1 Å². The average molecular weight is 297 g/mol. The van der Waals surface area contributed by atoms with Crippen LogP contribution in [0.15, 0.2) is 18.2 Å². The molecule has 0 amide bonds. The number of alkyl halides is 1. The van der Waals surface area contributed by atoms with Crippen LogP contribution in [0.4, 0.5) is 4.39 Å². The molecule has 1 aromatic carbocycles. The lowest BCUT2D eigenvalue weighted by molar-refractivity contribution is 0.00625. The largest absolute Gasteiger partial charge is 0.378 e. The van der Waals surface area contributed by atoms with E-state index in [-0.39, 0.29) is 11.9 Å². The van der Waals surface area contributed by atoms with Crippen LogP contribution in [-0.2, 0) is 11.2 Å². The summed E-state index contributed by atoms with van der Waals surface area (Å²) in [6, 6.07) is 5.07. The van der Waals surface area contributed by atoms with Gasteiger partial charge in [0.15, 0.2) is 0 Å². The first-order valence-electron chi connectivity index (χ1n) is 7.03. The van der Waals surface area contributed by atoms with Gasteiger partial charge in [-0.05, 0) is 38.0 Å². The maximum absolute atomic E-state index is 13.6. The fourth-order valence-electron chi connectivity index (χ4n) is 2.99. The Kier molecular flexibility index (Phi) is 3.94. The van der Waals surface area contributed by atoms with E-state index in [1.165, 1.54) is 6.07 Å². The van der Waals surface area contributed by atoms with E-state index >= 15 is 0 Å². The van der Waals surface area contributed by atoms with E-state index in [2.05, 4.69) is 16.5 Å². The SMILES string of the molecule is CC1CC(n2c(CCCl)nc3ccc(F)cc32)CCO1. The number of halogens is 2. The Balaban J connectivity index is 2.09. The third-order valence-corrected chi connectivity index (χ3v) is 4.05. The average Bonchev–Trinajstić information content (AvgIpc) is 2.76. The zero-order chi connectivity index (χ0) is 14.1. The number of benzene rings is 1. The molecular formula is C15H18ClFN2O. The Morgan fingerprint density at radius 1 is 1.50 bits per heavy atom. The summed E-state index contributed by atoms with van der Waals surface area (Å²) < 4.78 is 21.3. The third-order valence-electron chi connectivity index (χ3n) is 3.87. The fourth-order valence-corrected chi connectivity index (χ4v) is 3.16. The van der Waals surface area contributed by atoms with Gasteiger partial charge in [-0.2, -0.15) is 0 Å². The Morgan fingerprint density at radius 2 is 2.35 bits per heavy atom. The molecule has 0 spiro atoms. The molecule has 0 N–H and O–H groups in total. The summed E-state index contributed by atoms with van der Waals surface area (Å²) in [7, 11) is 0. The van der Waals surface area contributed by atoms with E-state index in [0.29, 0.717) is 18.3 Å². The number of hydrogen-bond donors (Lipinski definition) is 0. The lowest BCUT2D eigenvalue weighted by Crippen LogP contribution is -2.26. The second-order valence-electron chi connectivity index (χ2n) is 5.33. The highest BCUT2D eigenvalue weighted by atomic mass is 35.5. The first-order chi connectivity index (χ1) is 9.69. The number of rotatable bonds is 3. The van der Waals surface area contributed by atoms with Crippen molar-refractivity contribution in [1.29, 1.82) is 0 Å². The van der Waals surface area contributed by atoms with Crippen molar-refractivity contribution < 1.29 is 9.13 Å². The Hall–Kier alpha value is -1.13. The minimum atomic E-state index is -0.226. The van der Waals surface area contributed by atoms with E-state index in [4.69, 9.17) is 16.3 Å². The van der Waals surface area contributed by atoms with Gasteiger partial charge >= 0.3 is 0 Å². The van der Waals surface area contributed by atoms with Crippen LogP contribution < -0.4 is 0 Å². The molecule has 0 radical (unpaired) electrons. The van der Waals surface area contributed by atoms with Crippen molar-refractivity contribution in [3.63, 3.8) is 0 Å². The quantitative estimate of drug-likeness (QED) is 0.808. The number of imidazole rings is 1. The highest BCUT2D eigenvalue weighted by Gasteiger charge is 2.25. The standard InChI is InChI=1S/C15H18ClFN2O/c1-10-8-12(5-7-20-10)19-14-9-11(17)2-3-13(14)18-15(19)4-6-16/h2-3,9-10,12H,4-8H2,1H3. The van der Waals surface area contributed by atoms with Crippen LogP contribution in [0.2, 0.25) is 0 Å². The number of aromatic nitrogens is 2. The molecule has 0 aliphatic carbocycles. The summed E-state index contributed by atoms with van der Waals surface area (Å²) in [5.74, 6) is 1.24. The molecule has 20 heavy (non-hydrogen) atoms. The molecule has 2 heterocycles. The summed E-state index contributed by atoms with van der Waals surface area (Å²) in [6.45, 7) is 2.81. The summed E-state index contributed by atoms with van der Waals surface area (Å²) in [6.07, 6.45) is 2.78. The lowest BCUT2D eigenvalue weighted by atomic mass is 10.0. The normalized spacial score (nSPS) is 23.4. The Labute approximate surface area is 122 Å². The molecule has 3 nitrogen and oxygen atoms in total. The molecule has 1 aliphatic heterocycles. The second-order valence-corrected chi connectivity index (χ2v) is 5.71. The van der Waals surface area contributed by atoms with Crippen LogP contribution in [0.1, 0.15) is 31.6 Å². The molecule has 2 atom stereocenters. The fraction of sp³-hybridized carbons (Fsp3) is 0.533. The van der Waals surface area contributed by atoms with Crippen molar-refractivity contribution in [2.45, 2.75) is 38.3 Å². The number of ether oxygens (including phenoxy) is 1. The van der Waals surface area contributed by atoms with Gasteiger partial charge in [-0.15, -0.1) is 11.6 Å². The van der Waals surface area contributed by atoms with Crippen LogP contribution in [0, 0.1) is 5.82 Å². The van der Waals surface area contributed by atoms with Gasteiger partial charge < -0.3 is 9.30 Å². The number of nitrogens with zero attached hydrogens (tertiary/aromatic N) is 2. The van der Waals surface area contributed by atoms with Gasteiger partial charge in [0.2, 0.25) is 0 Å². The van der Waals surface area contributed by atoms with E-state index < -0.39 is 0 Å². The van der Waals surface area contributed by atoms with Crippen LogP contribution >= 0.6 is 11.6 Å². The van der Waals surface area contributed by atoms with Crippen LogP contribution in [0.5, 0.6) is 0 Å². The monoisotopic (exact) mass is 296 g/mol.